The molecule has 140 valence electrons. The summed E-state index contributed by atoms with van der Waals surface area (Å²) in [4.78, 5) is 23.4. The molecule has 0 saturated carbocycles. The van der Waals surface area contributed by atoms with Crippen molar-refractivity contribution in [2.24, 2.45) is 0 Å². The van der Waals surface area contributed by atoms with E-state index in [4.69, 9.17) is 4.42 Å². The molecule has 1 aliphatic rings. The Bertz CT molecular complexity index is 830. The van der Waals surface area contributed by atoms with Crippen molar-refractivity contribution in [2.45, 2.75) is 59.7 Å². The van der Waals surface area contributed by atoms with Crippen molar-refractivity contribution in [1.29, 1.82) is 0 Å². The first kappa shape index (κ1) is 18.4. The number of aromatic nitrogens is 2. The predicted molar refractivity (Wildman–Crippen MR) is 98.1 cm³/mol. The van der Waals surface area contributed by atoms with Crippen LogP contribution in [0.2, 0.25) is 0 Å². The second kappa shape index (κ2) is 7.07. The molecule has 1 fully saturated rings. The lowest BCUT2D eigenvalue weighted by molar-refractivity contribution is 0.0742. The minimum atomic E-state index is -0.195. The van der Waals surface area contributed by atoms with Crippen LogP contribution in [0.3, 0.4) is 0 Å². The fraction of sp³-hybridized carbons (Fsp3) is 0.526. The van der Waals surface area contributed by atoms with Gasteiger partial charge in [-0.1, -0.05) is 0 Å². The van der Waals surface area contributed by atoms with Gasteiger partial charge in [-0.3, -0.25) is 4.79 Å². The Hall–Kier alpha value is -2.41. The Labute approximate surface area is 153 Å². The van der Waals surface area contributed by atoms with Crippen LogP contribution in [-0.4, -0.2) is 44.5 Å². The molecule has 2 aromatic rings. The first-order valence-electron chi connectivity index (χ1n) is 8.91. The van der Waals surface area contributed by atoms with Crippen LogP contribution in [0.1, 0.15) is 52.3 Å². The molecular formula is C19H26N4O3. The zero-order valence-electron chi connectivity index (χ0n) is 16.0. The van der Waals surface area contributed by atoms with Gasteiger partial charge in [0.15, 0.2) is 5.82 Å². The van der Waals surface area contributed by atoms with Crippen LogP contribution in [0.25, 0.3) is 0 Å². The van der Waals surface area contributed by atoms with E-state index in [9.17, 15) is 9.90 Å². The van der Waals surface area contributed by atoms with Gasteiger partial charge in [-0.05, 0) is 41.0 Å². The quantitative estimate of drug-likeness (QED) is 0.873. The van der Waals surface area contributed by atoms with Crippen LogP contribution in [0.5, 0.6) is 0 Å². The molecule has 1 saturated heterocycles. The summed E-state index contributed by atoms with van der Waals surface area (Å²) in [6.45, 7) is 10.0. The van der Waals surface area contributed by atoms with E-state index in [0.29, 0.717) is 29.5 Å². The lowest BCUT2D eigenvalue weighted by atomic mass is 10.1. The van der Waals surface area contributed by atoms with Gasteiger partial charge in [0.1, 0.15) is 23.9 Å². The molecule has 2 atom stereocenters. The number of hydrogen-bond donors (Lipinski definition) is 2. The Morgan fingerprint density at radius 1 is 1.31 bits per heavy atom. The van der Waals surface area contributed by atoms with Gasteiger partial charge in [0.05, 0.1) is 5.56 Å². The summed E-state index contributed by atoms with van der Waals surface area (Å²) in [5.41, 5.74) is 2.39. The molecule has 0 bridgehead atoms. The summed E-state index contributed by atoms with van der Waals surface area (Å²) in [7, 11) is 0. The molecule has 26 heavy (non-hydrogen) atoms. The van der Waals surface area contributed by atoms with Gasteiger partial charge < -0.3 is 19.7 Å². The number of carbonyl (C=O) groups is 1. The van der Waals surface area contributed by atoms with Gasteiger partial charge in [0, 0.05) is 36.0 Å². The molecule has 7 heteroatoms. The number of aliphatic hydroxyl groups is 1. The predicted octanol–water partition coefficient (Wildman–Crippen LogP) is 2.51. The maximum Gasteiger partial charge on any atom is 0.257 e. The molecule has 3 heterocycles. The molecule has 7 nitrogen and oxygen atoms in total. The number of aryl methyl sites for hydroxylation is 3. The van der Waals surface area contributed by atoms with Crippen molar-refractivity contribution < 1.29 is 14.3 Å². The number of anilines is 1. The maximum absolute atomic E-state index is 13.0. The van der Waals surface area contributed by atoms with Crippen molar-refractivity contribution in [3.8, 4) is 0 Å². The summed E-state index contributed by atoms with van der Waals surface area (Å²) in [5.74, 6) is 2.56. The third kappa shape index (κ3) is 3.31. The van der Waals surface area contributed by atoms with Crippen molar-refractivity contribution >= 4 is 11.7 Å². The maximum atomic E-state index is 13.0. The molecule has 0 aliphatic carbocycles. The van der Waals surface area contributed by atoms with Gasteiger partial charge in [-0.15, -0.1) is 0 Å². The summed E-state index contributed by atoms with van der Waals surface area (Å²) in [5, 5.41) is 12.7. The van der Waals surface area contributed by atoms with Crippen molar-refractivity contribution in [1.82, 2.24) is 14.9 Å². The van der Waals surface area contributed by atoms with Crippen molar-refractivity contribution in [3.05, 3.63) is 40.2 Å². The second-order valence-corrected chi connectivity index (χ2v) is 6.96. The van der Waals surface area contributed by atoms with E-state index in [0.717, 1.165) is 23.4 Å². The lowest BCUT2D eigenvalue weighted by Crippen LogP contribution is -2.40. The first-order chi connectivity index (χ1) is 12.3. The molecular weight excluding hydrogens is 332 g/mol. The third-order valence-corrected chi connectivity index (χ3v) is 5.17. The fourth-order valence-corrected chi connectivity index (χ4v) is 3.64. The zero-order chi connectivity index (χ0) is 19.0. The largest absolute Gasteiger partial charge is 0.466 e. The van der Waals surface area contributed by atoms with E-state index in [-0.39, 0.29) is 24.6 Å². The number of furan rings is 1. The Balaban J connectivity index is 1.77. The van der Waals surface area contributed by atoms with Crippen LogP contribution in [-0.2, 0) is 6.61 Å². The van der Waals surface area contributed by atoms with E-state index >= 15 is 0 Å². The van der Waals surface area contributed by atoms with Crippen LogP contribution >= 0.6 is 0 Å². The number of nitrogens with one attached hydrogen (secondary N) is 1. The number of rotatable bonds is 4. The first-order valence-corrected chi connectivity index (χ1v) is 8.91. The monoisotopic (exact) mass is 358 g/mol. The second-order valence-electron chi connectivity index (χ2n) is 6.96. The van der Waals surface area contributed by atoms with Crippen LogP contribution in [0.4, 0.5) is 5.82 Å². The summed E-state index contributed by atoms with van der Waals surface area (Å²) >= 11 is 0. The zero-order valence-corrected chi connectivity index (χ0v) is 16.0. The molecule has 2 unspecified atom stereocenters. The minimum absolute atomic E-state index is 0.0172. The van der Waals surface area contributed by atoms with E-state index < -0.39 is 0 Å². The highest BCUT2D eigenvalue weighted by Gasteiger charge is 2.36. The Kier molecular flexibility index (Phi) is 5.00. The van der Waals surface area contributed by atoms with Crippen molar-refractivity contribution in [2.75, 3.05) is 11.9 Å². The molecule has 2 N–H and O–H groups in total. The number of aliphatic hydroxyl groups excluding tert-OH is 1. The summed E-state index contributed by atoms with van der Waals surface area (Å²) in [6, 6.07) is 1.96. The molecule has 1 aliphatic heterocycles. The number of carbonyl (C=O) groups excluding carboxylic acids is 1. The average molecular weight is 358 g/mol. The normalized spacial score (nSPS) is 19.8. The van der Waals surface area contributed by atoms with Crippen LogP contribution in [0.15, 0.2) is 10.5 Å². The molecule has 0 aromatic carbocycles. The lowest BCUT2D eigenvalue weighted by Gasteiger charge is -2.26. The smallest absolute Gasteiger partial charge is 0.257 e. The topological polar surface area (TPSA) is 91.5 Å². The van der Waals surface area contributed by atoms with Gasteiger partial charge in [-0.25, -0.2) is 9.97 Å². The molecule has 2 aromatic heterocycles. The van der Waals surface area contributed by atoms with Gasteiger partial charge in [0.25, 0.3) is 5.91 Å². The molecule has 1 amide bonds. The fourth-order valence-electron chi connectivity index (χ4n) is 3.64. The molecule has 0 radical (unpaired) electrons. The van der Waals surface area contributed by atoms with E-state index in [2.05, 4.69) is 15.3 Å². The van der Waals surface area contributed by atoms with Crippen LogP contribution < -0.4 is 5.32 Å². The number of likely N-dealkylation sites (tertiary alicyclic amines) is 1. The molecule has 3 rings (SSSR count). The number of amides is 1. The molecule has 0 spiro atoms. The highest BCUT2D eigenvalue weighted by Crippen LogP contribution is 2.28. The average Bonchev–Trinajstić information content (AvgIpc) is 3.06. The standard InChI is InChI=1S/C19H26N4O3/c1-10-8-16(22-17(9-24)20-10)21-15-6-7-23(12(15)3)19(25)18-11(2)13(4)26-14(18)5/h8,12,15,24H,6-7,9H2,1-5H3,(H,20,21,22). The third-order valence-electron chi connectivity index (χ3n) is 5.17. The Morgan fingerprint density at radius 2 is 2.04 bits per heavy atom. The van der Waals surface area contributed by atoms with Crippen LogP contribution in [0, 0.1) is 27.7 Å². The summed E-state index contributed by atoms with van der Waals surface area (Å²) in [6.07, 6.45) is 0.833. The van der Waals surface area contributed by atoms with E-state index in [1.807, 2.05) is 45.6 Å². The van der Waals surface area contributed by atoms with Gasteiger partial charge in [0.2, 0.25) is 0 Å². The minimum Gasteiger partial charge on any atom is -0.466 e. The van der Waals surface area contributed by atoms with E-state index in [1.165, 1.54) is 0 Å². The highest BCUT2D eigenvalue weighted by atomic mass is 16.3. The van der Waals surface area contributed by atoms with Gasteiger partial charge in [-0.2, -0.15) is 0 Å². The Morgan fingerprint density at radius 3 is 2.65 bits per heavy atom. The van der Waals surface area contributed by atoms with E-state index in [1.54, 1.807) is 0 Å². The van der Waals surface area contributed by atoms with Gasteiger partial charge >= 0.3 is 0 Å². The number of nitrogens with zero attached hydrogens (tertiary/aromatic N) is 3. The SMILES string of the molecule is Cc1cc(NC2CCN(C(=O)c3c(C)oc(C)c3C)C2C)nc(CO)n1. The highest BCUT2D eigenvalue weighted by molar-refractivity contribution is 5.97. The number of hydrogen-bond acceptors (Lipinski definition) is 6. The van der Waals surface area contributed by atoms with Crippen molar-refractivity contribution in [3.63, 3.8) is 0 Å². The summed E-state index contributed by atoms with van der Waals surface area (Å²) < 4.78 is 5.62.